The summed E-state index contributed by atoms with van der Waals surface area (Å²) in [4.78, 5) is 11.4. The molecule has 1 unspecified atom stereocenters. The van der Waals surface area contributed by atoms with Crippen LogP contribution in [0.2, 0.25) is 0 Å². The molecule has 1 aliphatic carbocycles. The predicted octanol–water partition coefficient (Wildman–Crippen LogP) is 3.22. The van der Waals surface area contributed by atoms with Gasteiger partial charge in [-0.1, -0.05) is 6.08 Å². The van der Waals surface area contributed by atoms with Crippen molar-refractivity contribution in [2.75, 3.05) is 13.2 Å². The molecule has 3 rings (SSSR count). The van der Waals surface area contributed by atoms with E-state index in [1.54, 1.807) is 13.0 Å². The van der Waals surface area contributed by atoms with Gasteiger partial charge in [0.15, 0.2) is 17.9 Å². The highest BCUT2D eigenvalue weighted by molar-refractivity contribution is 5.87. The van der Waals surface area contributed by atoms with E-state index in [4.69, 9.17) is 18.9 Å². The normalized spacial score (nSPS) is 39.5. The SMILES string of the molecule is CC(=O)/C=C/[C@@H]1[C@H]2COC(C)(C)O[C@H]2CC[C@H]1OC1CCCCO1. The molecule has 1 saturated carbocycles. The van der Waals surface area contributed by atoms with Gasteiger partial charge in [0.1, 0.15) is 0 Å². The number of hydrogen-bond acceptors (Lipinski definition) is 5. The number of ether oxygens (including phenoxy) is 4. The highest BCUT2D eigenvalue weighted by Gasteiger charge is 2.46. The molecule has 2 aliphatic heterocycles. The molecule has 2 heterocycles. The fraction of sp³-hybridized carbons (Fsp3) is 0.842. The largest absolute Gasteiger partial charge is 0.353 e. The zero-order chi connectivity index (χ0) is 17.2. The molecule has 0 aromatic rings. The lowest BCUT2D eigenvalue weighted by Crippen LogP contribution is -2.53. The van der Waals surface area contributed by atoms with Crippen molar-refractivity contribution >= 4 is 5.78 Å². The molecule has 24 heavy (non-hydrogen) atoms. The molecule has 0 bridgehead atoms. The highest BCUT2D eigenvalue weighted by atomic mass is 16.7. The quantitative estimate of drug-likeness (QED) is 0.737. The minimum absolute atomic E-state index is 0.0540. The predicted molar refractivity (Wildman–Crippen MR) is 89.4 cm³/mol. The van der Waals surface area contributed by atoms with E-state index >= 15 is 0 Å². The maximum absolute atomic E-state index is 11.4. The molecule has 5 heteroatoms. The highest BCUT2D eigenvalue weighted by Crippen LogP contribution is 2.41. The molecular weight excluding hydrogens is 308 g/mol. The standard InChI is InChI=1S/C19H30O5/c1-13(20)7-8-14-15-12-22-19(2,3)24-17(15)10-9-16(14)23-18-6-4-5-11-21-18/h7-8,14-18H,4-6,9-12H2,1-3H3/b8-7+/t14-,15-,16-,17+,18?/m1/s1. The topological polar surface area (TPSA) is 54.0 Å². The van der Waals surface area contributed by atoms with Crippen LogP contribution in [0.4, 0.5) is 0 Å². The Kier molecular flexibility index (Phi) is 5.75. The number of carbonyl (C=O) groups excluding carboxylic acids is 1. The van der Waals surface area contributed by atoms with Crippen LogP contribution in [-0.4, -0.2) is 43.3 Å². The molecular formula is C19H30O5. The van der Waals surface area contributed by atoms with E-state index in [1.165, 1.54) is 0 Å². The molecule has 136 valence electrons. The minimum Gasteiger partial charge on any atom is -0.353 e. The third-order valence-electron chi connectivity index (χ3n) is 5.21. The van der Waals surface area contributed by atoms with Crippen LogP contribution in [0.3, 0.4) is 0 Å². The first-order valence-corrected chi connectivity index (χ1v) is 9.22. The Morgan fingerprint density at radius 2 is 2.04 bits per heavy atom. The van der Waals surface area contributed by atoms with Gasteiger partial charge >= 0.3 is 0 Å². The van der Waals surface area contributed by atoms with Crippen molar-refractivity contribution in [3.8, 4) is 0 Å². The Labute approximate surface area is 144 Å². The van der Waals surface area contributed by atoms with E-state index in [0.717, 1.165) is 38.7 Å². The van der Waals surface area contributed by atoms with Crippen LogP contribution in [0.1, 0.15) is 52.9 Å². The molecule has 0 N–H and O–H groups in total. The number of ketones is 1. The van der Waals surface area contributed by atoms with Gasteiger partial charge in [0.25, 0.3) is 0 Å². The van der Waals surface area contributed by atoms with Gasteiger partial charge in [-0.05, 0) is 59.0 Å². The third-order valence-corrected chi connectivity index (χ3v) is 5.21. The van der Waals surface area contributed by atoms with Gasteiger partial charge in [-0.2, -0.15) is 0 Å². The van der Waals surface area contributed by atoms with Crippen LogP contribution in [0.5, 0.6) is 0 Å². The number of allylic oxidation sites excluding steroid dienone is 1. The summed E-state index contributed by atoms with van der Waals surface area (Å²) < 4.78 is 24.0. The lowest BCUT2D eigenvalue weighted by Gasteiger charge is -2.49. The molecule has 3 aliphatic rings. The van der Waals surface area contributed by atoms with E-state index in [1.807, 2.05) is 19.9 Å². The van der Waals surface area contributed by atoms with Gasteiger partial charge in [0.05, 0.1) is 18.8 Å². The van der Waals surface area contributed by atoms with Crippen molar-refractivity contribution in [2.45, 2.75) is 77.2 Å². The Balaban J connectivity index is 1.72. The zero-order valence-electron chi connectivity index (χ0n) is 15.0. The molecule has 5 atom stereocenters. The summed E-state index contributed by atoms with van der Waals surface area (Å²) in [5.41, 5.74) is 0. The summed E-state index contributed by atoms with van der Waals surface area (Å²) in [6.07, 6.45) is 8.84. The summed E-state index contributed by atoms with van der Waals surface area (Å²) in [6, 6.07) is 0. The third kappa shape index (κ3) is 4.45. The van der Waals surface area contributed by atoms with Crippen LogP contribution in [0, 0.1) is 11.8 Å². The van der Waals surface area contributed by atoms with Crippen molar-refractivity contribution in [3.63, 3.8) is 0 Å². The average molecular weight is 338 g/mol. The molecule has 0 amide bonds. The first-order chi connectivity index (χ1) is 11.4. The maximum atomic E-state index is 11.4. The van der Waals surface area contributed by atoms with Crippen LogP contribution in [0.15, 0.2) is 12.2 Å². The lowest BCUT2D eigenvalue weighted by atomic mass is 9.74. The van der Waals surface area contributed by atoms with Gasteiger partial charge < -0.3 is 18.9 Å². The monoisotopic (exact) mass is 338 g/mol. The molecule has 5 nitrogen and oxygen atoms in total. The molecule has 0 aromatic heterocycles. The van der Waals surface area contributed by atoms with E-state index in [9.17, 15) is 4.79 Å². The van der Waals surface area contributed by atoms with E-state index in [-0.39, 0.29) is 36.1 Å². The van der Waals surface area contributed by atoms with Gasteiger partial charge in [-0.25, -0.2) is 0 Å². The fourth-order valence-electron chi connectivity index (χ4n) is 4.00. The second-order valence-electron chi connectivity index (χ2n) is 7.63. The Bertz CT molecular complexity index is 466. The van der Waals surface area contributed by atoms with Crippen molar-refractivity contribution in [1.82, 2.24) is 0 Å². The van der Waals surface area contributed by atoms with Crippen molar-refractivity contribution in [3.05, 3.63) is 12.2 Å². The number of rotatable bonds is 4. The second kappa shape index (κ2) is 7.65. The smallest absolute Gasteiger partial charge is 0.163 e. The lowest BCUT2D eigenvalue weighted by molar-refractivity contribution is -0.314. The summed E-state index contributed by atoms with van der Waals surface area (Å²) >= 11 is 0. The van der Waals surface area contributed by atoms with Crippen molar-refractivity contribution in [2.24, 2.45) is 11.8 Å². The Morgan fingerprint density at radius 1 is 1.21 bits per heavy atom. The Morgan fingerprint density at radius 3 is 2.75 bits per heavy atom. The number of hydrogen-bond donors (Lipinski definition) is 0. The average Bonchev–Trinajstić information content (AvgIpc) is 2.54. The fourth-order valence-corrected chi connectivity index (χ4v) is 4.00. The maximum Gasteiger partial charge on any atom is 0.163 e. The van der Waals surface area contributed by atoms with E-state index in [0.29, 0.717) is 6.61 Å². The second-order valence-corrected chi connectivity index (χ2v) is 7.63. The summed E-state index contributed by atoms with van der Waals surface area (Å²) in [5.74, 6) is -0.135. The molecule has 3 fully saturated rings. The van der Waals surface area contributed by atoms with Crippen LogP contribution in [-0.2, 0) is 23.7 Å². The zero-order valence-corrected chi connectivity index (χ0v) is 15.0. The van der Waals surface area contributed by atoms with Gasteiger partial charge in [0.2, 0.25) is 0 Å². The first-order valence-electron chi connectivity index (χ1n) is 9.22. The van der Waals surface area contributed by atoms with Crippen LogP contribution < -0.4 is 0 Å². The minimum atomic E-state index is -0.532. The van der Waals surface area contributed by atoms with Crippen molar-refractivity contribution in [1.29, 1.82) is 0 Å². The van der Waals surface area contributed by atoms with Crippen LogP contribution in [0.25, 0.3) is 0 Å². The van der Waals surface area contributed by atoms with Gasteiger partial charge in [-0.3, -0.25) is 4.79 Å². The molecule has 0 radical (unpaired) electrons. The van der Waals surface area contributed by atoms with Crippen LogP contribution >= 0.6 is 0 Å². The number of carbonyl (C=O) groups is 1. The van der Waals surface area contributed by atoms with Gasteiger partial charge in [0, 0.05) is 18.4 Å². The van der Waals surface area contributed by atoms with E-state index in [2.05, 4.69) is 0 Å². The molecule has 0 aromatic carbocycles. The summed E-state index contributed by atoms with van der Waals surface area (Å²) in [7, 11) is 0. The van der Waals surface area contributed by atoms with Crippen molar-refractivity contribution < 1.29 is 23.7 Å². The van der Waals surface area contributed by atoms with E-state index < -0.39 is 5.79 Å². The molecule has 0 spiro atoms. The number of fused-ring (bicyclic) bond motifs is 1. The van der Waals surface area contributed by atoms with Gasteiger partial charge in [-0.15, -0.1) is 0 Å². The molecule has 2 saturated heterocycles. The Hall–Kier alpha value is -0.750. The summed E-state index contributed by atoms with van der Waals surface area (Å²) in [5, 5.41) is 0. The first kappa shape index (κ1) is 18.1. The summed E-state index contributed by atoms with van der Waals surface area (Å²) in [6.45, 7) is 6.91.